The zero-order chi connectivity index (χ0) is 16.5. The molecule has 2 aliphatic heterocycles. The van der Waals surface area contributed by atoms with E-state index in [0.717, 1.165) is 26.2 Å². The third kappa shape index (κ3) is 3.14. The monoisotopic (exact) mass is 346 g/mol. The van der Waals surface area contributed by atoms with Gasteiger partial charge in [-0.3, -0.25) is 9.69 Å². The van der Waals surface area contributed by atoms with Gasteiger partial charge in [0.05, 0.1) is 19.0 Å². The second kappa shape index (κ2) is 6.70. The molecule has 5 nitrogen and oxygen atoms in total. The Kier molecular flexibility index (Phi) is 4.43. The van der Waals surface area contributed by atoms with Crippen LogP contribution < -0.4 is 5.32 Å². The highest BCUT2D eigenvalue weighted by Gasteiger charge is 2.43. The summed E-state index contributed by atoms with van der Waals surface area (Å²) in [7, 11) is 0. The smallest absolute Gasteiger partial charge is 0.286 e. The number of fused-ring (bicyclic) bond motifs is 1. The van der Waals surface area contributed by atoms with Gasteiger partial charge in [-0.15, -0.1) is 11.3 Å². The summed E-state index contributed by atoms with van der Waals surface area (Å²) in [5.41, 5.74) is 1.38. The number of hydrogen-bond acceptors (Lipinski definition) is 5. The van der Waals surface area contributed by atoms with Crippen molar-refractivity contribution in [3.63, 3.8) is 0 Å². The Hall–Kier alpha value is -1.63. The van der Waals surface area contributed by atoms with E-state index >= 15 is 0 Å². The van der Waals surface area contributed by atoms with Crippen LogP contribution in [0.25, 0.3) is 0 Å². The molecular weight excluding hydrogens is 324 g/mol. The fraction of sp³-hybridized carbons (Fsp3) is 0.500. The summed E-state index contributed by atoms with van der Waals surface area (Å²) in [4.78, 5) is 15.9. The maximum atomic E-state index is 12.0. The van der Waals surface area contributed by atoms with Gasteiger partial charge < -0.3 is 14.5 Å². The number of hydrogen-bond donors (Lipinski definition) is 1. The number of carbonyl (C=O) groups is 1. The summed E-state index contributed by atoms with van der Waals surface area (Å²) >= 11 is 1.83. The van der Waals surface area contributed by atoms with Gasteiger partial charge in [-0.05, 0) is 36.1 Å². The SMILES string of the molecule is Cc1ccsc1CN1C[C@H]2[C@H](CNC(=O)c3ccco3)CO[C@H]2C1. The van der Waals surface area contributed by atoms with Crippen molar-refractivity contribution in [3.8, 4) is 0 Å². The average Bonchev–Trinajstić information content (AvgIpc) is 3.32. The zero-order valence-corrected chi connectivity index (χ0v) is 14.6. The Balaban J connectivity index is 1.31. The van der Waals surface area contributed by atoms with Crippen molar-refractivity contribution in [2.45, 2.75) is 19.6 Å². The molecule has 2 saturated heterocycles. The highest BCUT2D eigenvalue weighted by molar-refractivity contribution is 7.10. The summed E-state index contributed by atoms with van der Waals surface area (Å²) in [5.74, 6) is 1.10. The predicted octanol–water partition coefficient (Wildman–Crippen LogP) is 2.53. The topological polar surface area (TPSA) is 54.7 Å². The second-order valence-corrected chi connectivity index (χ2v) is 7.70. The highest BCUT2D eigenvalue weighted by atomic mass is 32.1. The molecule has 2 aliphatic rings. The summed E-state index contributed by atoms with van der Waals surface area (Å²) in [6.07, 6.45) is 1.82. The minimum atomic E-state index is -0.146. The number of nitrogens with one attached hydrogen (secondary N) is 1. The van der Waals surface area contributed by atoms with Crippen LogP contribution >= 0.6 is 11.3 Å². The van der Waals surface area contributed by atoms with E-state index in [2.05, 4.69) is 28.6 Å². The summed E-state index contributed by atoms with van der Waals surface area (Å²) in [6.45, 7) is 6.59. The normalized spacial score (nSPS) is 26.6. The molecule has 2 aromatic heterocycles. The molecule has 0 unspecified atom stereocenters. The van der Waals surface area contributed by atoms with Crippen LogP contribution in [0.1, 0.15) is 21.0 Å². The van der Waals surface area contributed by atoms with Gasteiger partial charge in [-0.1, -0.05) is 0 Å². The van der Waals surface area contributed by atoms with Crippen LogP contribution in [0.15, 0.2) is 34.3 Å². The van der Waals surface area contributed by atoms with E-state index in [1.807, 2.05) is 11.3 Å². The second-order valence-electron chi connectivity index (χ2n) is 6.70. The van der Waals surface area contributed by atoms with Gasteiger partial charge in [0.15, 0.2) is 5.76 Å². The number of ether oxygens (including phenoxy) is 1. The molecule has 0 aromatic carbocycles. The number of nitrogens with zero attached hydrogens (tertiary/aromatic N) is 1. The average molecular weight is 346 g/mol. The first-order valence-electron chi connectivity index (χ1n) is 8.39. The fourth-order valence-electron chi connectivity index (χ4n) is 3.71. The number of likely N-dealkylation sites (tertiary alicyclic amines) is 1. The van der Waals surface area contributed by atoms with E-state index in [4.69, 9.17) is 9.15 Å². The fourth-order valence-corrected chi connectivity index (χ4v) is 4.65. The van der Waals surface area contributed by atoms with Gasteiger partial charge in [0, 0.05) is 42.9 Å². The van der Waals surface area contributed by atoms with Crippen molar-refractivity contribution in [2.24, 2.45) is 11.8 Å². The molecule has 0 bridgehead atoms. The third-order valence-corrected chi connectivity index (χ3v) is 6.13. The molecule has 1 N–H and O–H groups in total. The molecule has 2 fully saturated rings. The molecule has 0 radical (unpaired) electrons. The summed E-state index contributed by atoms with van der Waals surface area (Å²) < 4.78 is 11.1. The minimum absolute atomic E-state index is 0.146. The van der Waals surface area contributed by atoms with Crippen molar-refractivity contribution in [3.05, 3.63) is 46.0 Å². The van der Waals surface area contributed by atoms with Crippen LogP contribution in [0, 0.1) is 18.8 Å². The van der Waals surface area contributed by atoms with Gasteiger partial charge in [0.1, 0.15) is 0 Å². The van der Waals surface area contributed by atoms with Crippen LogP contribution in [0.4, 0.5) is 0 Å². The van der Waals surface area contributed by atoms with E-state index in [-0.39, 0.29) is 5.91 Å². The van der Waals surface area contributed by atoms with Crippen molar-refractivity contribution < 1.29 is 13.9 Å². The molecule has 2 aromatic rings. The van der Waals surface area contributed by atoms with Crippen LogP contribution in [-0.2, 0) is 11.3 Å². The standard InChI is InChI=1S/C18H22N2O3S/c1-12-4-6-24-17(12)10-20-8-14-13(11-23-16(14)9-20)7-19-18(21)15-3-2-5-22-15/h2-6,13-14,16H,7-11H2,1H3,(H,19,21)/t13-,14+,16+/m1/s1. The summed E-state index contributed by atoms with van der Waals surface area (Å²) in [6, 6.07) is 5.59. The van der Waals surface area contributed by atoms with Crippen molar-refractivity contribution >= 4 is 17.2 Å². The molecule has 0 spiro atoms. The zero-order valence-electron chi connectivity index (χ0n) is 13.7. The van der Waals surface area contributed by atoms with Gasteiger partial charge >= 0.3 is 0 Å². The maximum Gasteiger partial charge on any atom is 0.286 e. The van der Waals surface area contributed by atoms with Crippen LogP contribution in [0.3, 0.4) is 0 Å². The number of amides is 1. The lowest BCUT2D eigenvalue weighted by atomic mass is 9.93. The van der Waals surface area contributed by atoms with Crippen molar-refractivity contribution in [1.29, 1.82) is 0 Å². The third-order valence-electron chi connectivity index (χ3n) is 5.12. The van der Waals surface area contributed by atoms with Crippen LogP contribution in [-0.4, -0.2) is 43.2 Å². The lowest BCUT2D eigenvalue weighted by Gasteiger charge is -2.19. The van der Waals surface area contributed by atoms with Gasteiger partial charge in [0.2, 0.25) is 0 Å². The number of carbonyl (C=O) groups excluding carboxylic acids is 1. The van der Waals surface area contributed by atoms with E-state index in [0.29, 0.717) is 30.2 Å². The van der Waals surface area contributed by atoms with Crippen LogP contribution in [0.5, 0.6) is 0 Å². The van der Waals surface area contributed by atoms with Gasteiger partial charge in [0.25, 0.3) is 5.91 Å². The van der Waals surface area contributed by atoms with E-state index < -0.39 is 0 Å². The Labute approximate surface area is 145 Å². The minimum Gasteiger partial charge on any atom is -0.459 e. The van der Waals surface area contributed by atoms with Gasteiger partial charge in [-0.2, -0.15) is 0 Å². The van der Waals surface area contributed by atoms with E-state index in [9.17, 15) is 4.79 Å². The first-order valence-corrected chi connectivity index (χ1v) is 9.27. The lowest BCUT2D eigenvalue weighted by molar-refractivity contribution is 0.0888. The Morgan fingerprint density at radius 1 is 1.42 bits per heavy atom. The van der Waals surface area contributed by atoms with Gasteiger partial charge in [-0.25, -0.2) is 0 Å². The molecule has 128 valence electrons. The van der Waals surface area contributed by atoms with Crippen molar-refractivity contribution in [2.75, 3.05) is 26.2 Å². The molecule has 24 heavy (non-hydrogen) atoms. The predicted molar refractivity (Wildman–Crippen MR) is 92.1 cm³/mol. The molecule has 1 amide bonds. The largest absolute Gasteiger partial charge is 0.459 e. The molecule has 0 aliphatic carbocycles. The summed E-state index contributed by atoms with van der Waals surface area (Å²) in [5, 5.41) is 5.14. The molecular formula is C18H22N2O3S. The first kappa shape index (κ1) is 15.9. The Morgan fingerprint density at radius 3 is 3.08 bits per heavy atom. The maximum absolute atomic E-state index is 12.0. The molecule has 3 atom stereocenters. The molecule has 4 heterocycles. The number of furan rings is 1. The Bertz CT molecular complexity index is 697. The number of thiophene rings is 1. The number of aryl methyl sites for hydroxylation is 1. The van der Waals surface area contributed by atoms with Crippen LogP contribution in [0.2, 0.25) is 0 Å². The van der Waals surface area contributed by atoms with E-state index in [1.54, 1.807) is 12.1 Å². The molecule has 0 saturated carbocycles. The highest BCUT2D eigenvalue weighted by Crippen LogP contribution is 2.34. The molecule has 4 rings (SSSR count). The quantitative estimate of drug-likeness (QED) is 0.904. The van der Waals surface area contributed by atoms with Crippen molar-refractivity contribution in [1.82, 2.24) is 10.2 Å². The lowest BCUT2D eigenvalue weighted by Crippen LogP contribution is -2.34. The first-order chi connectivity index (χ1) is 11.7. The Morgan fingerprint density at radius 2 is 2.33 bits per heavy atom. The van der Waals surface area contributed by atoms with E-state index in [1.165, 1.54) is 16.7 Å². The number of rotatable bonds is 5. The molecule has 6 heteroatoms.